The van der Waals surface area contributed by atoms with E-state index in [2.05, 4.69) is 111 Å². The Morgan fingerprint density at radius 2 is 0.905 bits per heavy atom. The van der Waals surface area contributed by atoms with Gasteiger partial charge in [-0.15, -0.1) is 0 Å². The number of phosphoric ester groups is 1. The molecule has 0 aromatic rings. The minimum absolute atomic E-state index is 0.0259. The number of hydrogen-bond donors (Lipinski definition) is 1. The van der Waals surface area contributed by atoms with E-state index in [0.717, 1.165) is 109 Å². The summed E-state index contributed by atoms with van der Waals surface area (Å²) in [5.41, 5.74) is 0. The van der Waals surface area contributed by atoms with Crippen LogP contribution >= 0.6 is 7.82 Å². The Bertz CT molecular complexity index is 1390. The van der Waals surface area contributed by atoms with Gasteiger partial charge in [-0.1, -0.05) is 182 Å². The summed E-state index contributed by atoms with van der Waals surface area (Å²) in [6.07, 6.45) is 59.3. The van der Waals surface area contributed by atoms with Crippen LogP contribution in [-0.2, 0) is 32.7 Å². The molecule has 0 rings (SSSR count). The molecule has 0 saturated heterocycles. The van der Waals surface area contributed by atoms with E-state index in [-0.39, 0.29) is 32.0 Å². The zero-order valence-corrected chi connectivity index (χ0v) is 41.4. The predicted molar refractivity (Wildman–Crippen MR) is 265 cm³/mol. The van der Waals surface area contributed by atoms with Gasteiger partial charge in [0, 0.05) is 12.8 Å². The lowest BCUT2D eigenvalue weighted by molar-refractivity contribution is -0.870. The molecule has 0 bridgehead atoms. The van der Waals surface area contributed by atoms with Crippen molar-refractivity contribution in [3.05, 3.63) is 97.2 Å². The van der Waals surface area contributed by atoms with Gasteiger partial charge in [0.25, 0.3) is 0 Å². The van der Waals surface area contributed by atoms with E-state index in [4.69, 9.17) is 18.5 Å². The number of likely N-dealkylation sites (N-methyl/N-ethyl adjacent to an activating group) is 1. The van der Waals surface area contributed by atoms with E-state index in [1.54, 1.807) is 0 Å². The van der Waals surface area contributed by atoms with E-state index in [0.29, 0.717) is 17.4 Å². The number of rotatable bonds is 43. The van der Waals surface area contributed by atoms with Gasteiger partial charge in [0.15, 0.2) is 6.10 Å². The zero-order valence-electron chi connectivity index (χ0n) is 40.5. The van der Waals surface area contributed by atoms with Gasteiger partial charge in [-0.25, -0.2) is 4.57 Å². The van der Waals surface area contributed by atoms with Gasteiger partial charge in [-0.2, -0.15) is 0 Å². The molecule has 0 fully saturated rings. The number of quaternary nitrogens is 1. The maximum Gasteiger partial charge on any atom is 0.472 e. The van der Waals surface area contributed by atoms with Gasteiger partial charge >= 0.3 is 19.8 Å². The molecule has 9 nitrogen and oxygen atoms in total. The smallest absolute Gasteiger partial charge is 0.462 e. The molecule has 0 spiro atoms. The van der Waals surface area contributed by atoms with Gasteiger partial charge in [0.1, 0.15) is 19.8 Å². The number of hydrogen-bond acceptors (Lipinski definition) is 7. The molecule has 0 aliphatic heterocycles. The van der Waals surface area contributed by atoms with Gasteiger partial charge in [0.05, 0.1) is 27.7 Å². The molecule has 1 N–H and O–H groups in total. The van der Waals surface area contributed by atoms with Crippen LogP contribution in [0.3, 0.4) is 0 Å². The van der Waals surface area contributed by atoms with E-state index >= 15 is 0 Å². The summed E-state index contributed by atoms with van der Waals surface area (Å²) >= 11 is 0. The highest BCUT2D eigenvalue weighted by Gasteiger charge is 2.27. The topological polar surface area (TPSA) is 108 Å². The first-order valence-electron chi connectivity index (χ1n) is 24.5. The van der Waals surface area contributed by atoms with Crippen molar-refractivity contribution in [3.8, 4) is 0 Å². The quantitative estimate of drug-likeness (QED) is 0.0212. The van der Waals surface area contributed by atoms with Crippen molar-refractivity contribution in [2.75, 3.05) is 47.5 Å². The van der Waals surface area contributed by atoms with Crippen LogP contribution in [0.25, 0.3) is 0 Å². The highest BCUT2D eigenvalue weighted by Crippen LogP contribution is 2.43. The van der Waals surface area contributed by atoms with Crippen LogP contribution in [0.2, 0.25) is 0 Å². The molecule has 10 heteroatoms. The number of unbranched alkanes of at least 4 members (excludes halogenated alkanes) is 13. The number of carbonyl (C=O) groups is 2. The lowest BCUT2D eigenvalue weighted by Gasteiger charge is -2.24. The molecule has 0 aromatic carbocycles. The summed E-state index contributed by atoms with van der Waals surface area (Å²) in [6.45, 7) is 4.21. The summed E-state index contributed by atoms with van der Waals surface area (Å²) < 4.78 is 34.2. The van der Waals surface area contributed by atoms with Crippen molar-refractivity contribution in [2.24, 2.45) is 0 Å². The highest BCUT2D eigenvalue weighted by molar-refractivity contribution is 7.47. The molecule has 0 radical (unpaired) electrons. The Morgan fingerprint density at radius 1 is 0.508 bits per heavy atom. The Balaban J connectivity index is 4.08. The summed E-state index contributed by atoms with van der Waals surface area (Å²) in [5.74, 6) is -0.825. The summed E-state index contributed by atoms with van der Waals surface area (Å²) in [6, 6.07) is 0. The van der Waals surface area contributed by atoms with Crippen molar-refractivity contribution in [1.29, 1.82) is 0 Å². The first-order chi connectivity index (χ1) is 30.5. The maximum absolute atomic E-state index is 12.7. The van der Waals surface area contributed by atoms with Crippen LogP contribution in [0, 0.1) is 0 Å². The van der Waals surface area contributed by atoms with Crippen LogP contribution in [0.15, 0.2) is 97.2 Å². The van der Waals surface area contributed by atoms with Crippen molar-refractivity contribution >= 4 is 19.8 Å². The molecule has 360 valence electrons. The second-order valence-electron chi connectivity index (χ2n) is 17.1. The Hall–Kier alpha value is -3.07. The predicted octanol–water partition coefficient (Wildman–Crippen LogP) is 14.5. The summed E-state index contributed by atoms with van der Waals surface area (Å²) in [5, 5.41) is 0. The number of allylic oxidation sites excluding steroid dienone is 16. The molecule has 2 unspecified atom stereocenters. The molecule has 0 aromatic heterocycles. The second kappa shape index (κ2) is 44.1. The average molecular weight is 901 g/mol. The molecule has 0 amide bonds. The summed E-state index contributed by atoms with van der Waals surface area (Å²) in [4.78, 5) is 35.2. The highest BCUT2D eigenvalue weighted by atomic mass is 31.2. The average Bonchev–Trinajstić information content (AvgIpc) is 3.24. The van der Waals surface area contributed by atoms with Crippen molar-refractivity contribution in [1.82, 2.24) is 0 Å². The zero-order chi connectivity index (χ0) is 46.4. The Kier molecular flexibility index (Phi) is 42.0. The number of nitrogens with zero attached hydrogens (tertiary/aromatic N) is 1. The van der Waals surface area contributed by atoms with Crippen LogP contribution in [0.4, 0.5) is 0 Å². The molecular weight excluding hydrogens is 810 g/mol. The van der Waals surface area contributed by atoms with Crippen LogP contribution < -0.4 is 0 Å². The minimum Gasteiger partial charge on any atom is -0.462 e. The molecule has 0 saturated carbocycles. The second-order valence-corrected chi connectivity index (χ2v) is 18.6. The van der Waals surface area contributed by atoms with E-state index in [9.17, 15) is 19.0 Å². The molecule has 2 atom stereocenters. The number of phosphoric acid groups is 1. The number of carbonyl (C=O) groups excluding carboxylic acids is 2. The van der Waals surface area contributed by atoms with Crippen LogP contribution in [-0.4, -0.2) is 74.9 Å². The lowest BCUT2D eigenvalue weighted by Crippen LogP contribution is -2.37. The number of esters is 2. The van der Waals surface area contributed by atoms with Gasteiger partial charge in [-0.3, -0.25) is 18.6 Å². The standard InChI is InChI=1S/C53H90NO8P/c1-6-8-10-12-14-15-16-17-18-19-20-21-22-23-24-25-26-27-28-29-30-31-32-33-34-35-36-37-38-39-40-42-44-46-53(56)62-51(49-59-52(55)45-43-41-13-11-9-7-2)50-61-63(57,58)60-48-47-54(3,4)5/h8,10,14-15,17-18,20-21,23-24,26-27,29-30,32-33,51H,6-7,9,11-13,16,19,22,25,28,31,34-50H2,1-5H3/p+1/b10-8-,15-14-,18-17-,21-20-,24-23-,27-26-,30-29-,33-32-. The first kappa shape index (κ1) is 59.9. The first-order valence-corrected chi connectivity index (χ1v) is 26.0. The molecular formula is C53H91NO8P+. The molecule has 0 aliphatic rings. The Labute approximate surface area is 385 Å². The van der Waals surface area contributed by atoms with Crippen molar-refractivity contribution in [2.45, 2.75) is 180 Å². The third-order valence-corrected chi connectivity index (χ3v) is 10.9. The van der Waals surface area contributed by atoms with Gasteiger partial charge < -0.3 is 18.9 Å². The van der Waals surface area contributed by atoms with Crippen molar-refractivity contribution in [3.63, 3.8) is 0 Å². The fraction of sp³-hybridized carbons (Fsp3) is 0.660. The third kappa shape index (κ3) is 48.2. The van der Waals surface area contributed by atoms with E-state index in [1.807, 2.05) is 21.1 Å². The van der Waals surface area contributed by atoms with Gasteiger partial charge in [-0.05, 0) is 77.0 Å². The monoisotopic (exact) mass is 901 g/mol. The number of ether oxygens (including phenoxy) is 2. The lowest BCUT2D eigenvalue weighted by atomic mass is 10.1. The third-order valence-electron chi connectivity index (χ3n) is 9.88. The van der Waals surface area contributed by atoms with Crippen LogP contribution in [0.5, 0.6) is 0 Å². The SMILES string of the molecule is CC/C=C\C/C=C\C/C=C\C/C=C\C/C=C\C/C=C\C/C=C\C/C=C\CCCCCCCCCCC(=O)OC(COC(=O)CCCCCCCC)COP(=O)(O)OCC[N+](C)(C)C. The molecule has 0 aliphatic carbocycles. The maximum atomic E-state index is 12.7. The minimum atomic E-state index is -4.37. The van der Waals surface area contributed by atoms with E-state index < -0.39 is 26.5 Å². The molecule has 0 heterocycles. The fourth-order valence-electron chi connectivity index (χ4n) is 6.09. The fourth-order valence-corrected chi connectivity index (χ4v) is 6.83. The van der Waals surface area contributed by atoms with E-state index in [1.165, 1.54) is 32.1 Å². The summed E-state index contributed by atoms with van der Waals surface area (Å²) in [7, 11) is 1.46. The largest absolute Gasteiger partial charge is 0.472 e. The van der Waals surface area contributed by atoms with Crippen LogP contribution in [0.1, 0.15) is 174 Å². The van der Waals surface area contributed by atoms with Crippen molar-refractivity contribution < 1.29 is 42.1 Å². The Morgan fingerprint density at radius 3 is 1.35 bits per heavy atom. The van der Waals surface area contributed by atoms with Gasteiger partial charge in [0.2, 0.25) is 0 Å². The normalized spacial score (nSPS) is 14.3. The molecule has 63 heavy (non-hydrogen) atoms.